The lowest BCUT2D eigenvalue weighted by Gasteiger charge is -2.17. The van der Waals surface area contributed by atoms with Crippen LogP contribution in [0.4, 0.5) is 0 Å². The second kappa shape index (κ2) is 11.8. The molecule has 176 valence electrons. The average Bonchev–Trinajstić information content (AvgIpc) is 3.31. The number of nitrogens with zero attached hydrogens (tertiary/aromatic N) is 2. The fourth-order valence-electron chi connectivity index (χ4n) is 3.53. The number of aromatic amines is 1. The topological polar surface area (TPSA) is 92.4 Å². The maximum Gasteiger partial charge on any atom is 0.253 e. The van der Waals surface area contributed by atoms with Gasteiger partial charge in [-0.3, -0.25) is 9.89 Å². The van der Waals surface area contributed by atoms with Crippen molar-refractivity contribution in [1.82, 2.24) is 15.1 Å². The van der Waals surface area contributed by atoms with Crippen LogP contribution in [0.5, 0.6) is 0 Å². The van der Waals surface area contributed by atoms with Crippen LogP contribution in [-0.2, 0) is 21.0 Å². The first-order valence-corrected chi connectivity index (χ1v) is 12.7. The van der Waals surface area contributed by atoms with E-state index in [1.807, 2.05) is 30.3 Å². The lowest BCUT2D eigenvalue weighted by atomic mass is 10.1. The van der Waals surface area contributed by atoms with Crippen molar-refractivity contribution in [2.24, 2.45) is 0 Å². The largest absolute Gasteiger partial charge is 0.384 e. The zero-order chi connectivity index (χ0) is 23.7. The number of nitrogens with one attached hydrogen (secondary N) is 1. The van der Waals surface area contributed by atoms with Gasteiger partial charge in [0, 0.05) is 37.5 Å². The first kappa shape index (κ1) is 24.7. The SMILES string of the molecule is COCCS(=O)(=O)c1ccc(C(=O)N(C)CCCCCc2cc(-c3ccccc3)n[nH]2)cc1. The van der Waals surface area contributed by atoms with E-state index in [0.717, 1.165) is 42.6 Å². The minimum absolute atomic E-state index is 0.0805. The summed E-state index contributed by atoms with van der Waals surface area (Å²) in [6.45, 7) is 0.783. The summed E-state index contributed by atoms with van der Waals surface area (Å²) >= 11 is 0. The predicted octanol–water partition coefficient (Wildman–Crippen LogP) is 3.98. The van der Waals surface area contributed by atoms with Gasteiger partial charge in [-0.05, 0) is 49.6 Å². The van der Waals surface area contributed by atoms with E-state index in [2.05, 4.69) is 16.3 Å². The van der Waals surface area contributed by atoms with Crippen molar-refractivity contribution < 1.29 is 17.9 Å². The Morgan fingerprint density at radius 1 is 1.03 bits per heavy atom. The molecule has 0 aliphatic rings. The quantitative estimate of drug-likeness (QED) is 0.405. The lowest BCUT2D eigenvalue weighted by molar-refractivity contribution is 0.0792. The summed E-state index contributed by atoms with van der Waals surface area (Å²) in [7, 11) is -0.165. The Labute approximate surface area is 195 Å². The molecule has 1 amide bonds. The van der Waals surface area contributed by atoms with Crippen LogP contribution in [0.1, 0.15) is 35.3 Å². The number of aryl methyl sites for hydroxylation is 1. The maximum absolute atomic E-state index is 12.6. The monoisotopic (exact) mass is 469 g/mol. The molecule has 1 N–H and O–H groups in total. The average molecular weight is 470 g/mol. The predicted molar refractivity (Wildman–Crippen MR) is 129 cm³/mol. The van der Waals surface area contributed by atoms with E-state index in [-0.39, 0.29) is 23.2 Å². The molecular weight excluding hydrogens is 438 g/mol. The molecule has 2 aromatic carbocycles. The van der Waals surface area contributed by atoms with E-state index in [4.69, 9.17) is 4.74 Å². The number of rotatable bonds is 12. The van der Waals surface area contributed by atoms with Crippen molar-refractivity contribution in [3.8, 4) is 11.3 Å². The Balaban J connectivity index is 1.41. The molecule has 0 radical (unpaired) electrons. The number of aromatic nitrogens is 2. The molecule has 0 spiro atoms. The van der Waals surface area contributed by atoms with Crippen molar-refractivity contribution in [1.29, 1.82) is 0 Å². The first-order chi connectivity index (χ1) is 15.9. The number of ether oxygens (including phenoxy) is 1. The highest BCUT2D eigenvalue weighted by Crippen LogP contribution is 2.18. The molecular formula is C25H31N3O4S. The molecule has 0 saturated carbocycles. The Morgan fingerprint density at radius 3 is 2.45 bits per heavy atom. The molecule has 0 fully saturated rings. The Morgan fingerprint density at radius 2 is 1.76 bits per heavy atom. The molecule has 0 unspecified atom stereocenters. The fourth-order valence-corrected chi connectivity index (χ4v) is 4.70. The van der Waals surface area contributed by atoms with E-state index < -0.39 is 9.84 Å². The second-order valence-corrected chi connectivity index (χ2v) is 10.1. The first-order valence-electron chi connectivity index (χ1n) is 11.1. The second-order valence-electron chi connectivity index (χ2n) is 8.02. The number of hydrogen-bond acceptors (Lipinski definition) is 5. The highest BCUT2D eigenvalue weighted by molar-refractivity contribution is 7.91. The summed E-state index contributed by atoms with van der Waals surface area (Å²) in [5.74, 6) is -0.195. The highest BCUT2D eigenvalue weighted by Gasteiger charge is 2.16. The summed E-state index contributed by atoms with van der Waals surface area (Å²) in [6.07, 6.45) is 3.81. The van der Waals surface area contributed by atoms with Gasteiger partial charge in [0.15, 0.2) is 9.84 Å². The Kier molecular flexibility index (Phi) is 8.79. The van der Waals surface area contributed by atoms with Crippen LogP contribution >= 0.6 is 0 Å². The molecule has 0 bridgehead atoms. The van der Waals surface area contributed by atoms with Gasteiger partial charge in [-0.2, -0.15) is 5.10 Å². The number of H-pyrrole nitrogens is 1. The Bertz CT molecular complexity index is 1130. The van der Waals surface area contributed by atoms with Gasteiger partial charge in [0.05, 0.1) is 22.9 Å². The number of unbranched alkanes of at least 4 members (excludes halogenated alkanes) is 2. The number of sulfone groups is 1. The minimum atomic E-state index is -3.40. The van der Waals surface area contributed by atoms with Crippen LogP contribution in [-0.4, -0.2) is 62.5 Å². The van der Waals surface area contributed by atoms with E-state index in [9.17, 15) is 13.2 Å². The van der Waals surface area contributed by atoms with Crippen LogP contribution in [0, 0.1) is 0 Å². The minimum Gasteiger partial charge on any atom is -0.384 e. The molecule has 7 nitrogen and oxygen atoms in total. The van der Waals surface area contributed by atoms with Gasteiger partial charge in [-0.15, -0.1) is 0 Å². The van der Waals surface area contributed by atoms with Crippen molar-refractivity contribution in [2.75, 3.05) is 33.1 Å². The summed E-state index contributed by atoms with van der Waals surface area (Å²) in [6, 6.07) is 18.3. The fraction of sp³-hybridized carbons (Fsp3) is 0.360. The van der Waals surface area contributed by atoms with Crippen LogP contribution in [0.15, 0.2) is 65.6 Å². The van der Waals surface area contributed by atoms with Crippen molar-refractivity contribution in [2.45, 2.75) is 30.6 Å². The summed E-state index contributed by atoms with van der Waals surface area (Å²) in [5, 5.41) is 7.49. The van der Waals surface area contributed by atoms with Gasteiger partial charge >= 0.3 is 0 Å². The molecule has 3 rings (SSSR count). The van der Waals surface area contributed by atoms with Crippen molar-refractivity contribution in [3.05, 3.63) is 71.9 Å². The highest BCUT2D eigenvalue weighted by atomic mass is 32.2. The third kappa shape index (κ3) is 7.00. The number of carbonyl (C=O) groups excluding carboxylic acids is 1. The van der Waals surface area contributed by atoms with Crippen LogP contribution in [0.25, 0.3) is 11.3 Å². The molecule has 0 atom stereocenters. The third-order valence-corrected chi connectivity index (χ3v) is 7.20. The van der Waals surface area contributed by atoms with Crippen molar-refractivity contribution >= 4 is 15.7 Å². The van der Waals surface area contributed by atoms with E-state index in [1.165, 1.54) is 19.2 Å². The van der Waals surface area contributed by atoms with Gasteiger partial charge in [0.2, 0.25) is 0 Å². The normalized spacial score (nSPS) is 11.5. The zero-order valence-electron chi connectivity index (χ0n) is 19.2. The molecule has 8 heteroatoms. The lowest BCUT2D eigenvalue weighted by Crippen LogP contribution is -2.27. The standard InChI is InChI=1S/C25H31N3O4S/c1-28(25(29)21-12-14-23(15-13-21)33(30,31)18-17-32-2)16-8-4-7-11-22-19-24(27-26-22)20-9-5-3-6-10-20/h3,5-6,9-10,12-15,19H,4,7-8,11,16-18H2,1-2H3,(H,26,27). The van der Waals surface area contributed by atoms with E-state index in [0.29, 0.717) is 12.1 Å². The van der Waals surface area contributed by atoms with Crippen LogP contribution < -0.4 is 0 Å². The molecule has 0 aliphatic heterocycles. The third-order valence-electron chi connectivity index (χ3n) is 5.50. The van der Waals surface area contributed by atoms with Gasteiger partial charge in [0.25, 0.3) is 5.91 Å². The maximum atomic E-state index is 12.6. The van der Waals surface area contributed by atoms with Crippen molar-refractivity contribution in [3.63, 3.8) is 0 Å². The molecule has 0 aliphatic carbocycles. The van der Waals surface area contributed by atoms with Gasteiger partial charge in [-0.25, -0.2) is 8.42 Å². The van der Waals surface area contributed by atoms with E-state index in [1.54, 1.807) is 24.1 Å². The number of carbonyl (C=O) groups is 1. The smallest absolute Gasteiger partial charge is 0.253 e. The van der Waals surface area contributed by atoms with Gasteiger partial charge in [-0.1, -0.05) is 36.8 Å². The van der Waals surface area contributed by atoms with E-state index >= 15 is 0 Å². The summed E-state index contributed by atoms with van der Waals surface area (Å²) in [5.41, 5.74) is 3.64. The Hall–Kier alpha value is -2.97. The van der Waals surface area contributed by atoms with Gasteiger partial charge < -0.3 is 9.64 Å². The van der Waals surface area contributed by atoms with Crippen LogP contribution in [0.2, 0.25) is 0 Å². The molecule has 33 heavy (non-hydrogen) atoms. The number of benzene rings is 2. The zero-order valence-corrected chi connectivity index (χ0v) is 20.0. The van der Waals surface area contributed by atoms with Gasteiger partial charge in [0.1, 0.15) is 0 Å². The summed E-state index contributed by atoms with van der Waals surface area (Å²) < 4.78 is 29.3. The molecule has 3 aromatic rings. The molecule has 1 aromatic heterocycles. The number of amides is 1. The molecule has 1 heterocycles. The summed E-state index contributed by atoms with van der Waals surface area (Å²) in [4.78, 5) is 14.5. The molecule has 0 saturated heterocycles. The number of hydrogen-bond donors (Lipinski definition) is 1. The van der Waals surface area contributed by atoms with Crippen LogP contribution in [0.3, 0.4) is 0 Å². The number of methoxy groups -OCH3 is 1.